The van der Waals surface area contributed by atoms with Crippen LogP contribution in [-0.2, 0) is 10.3 Å². The number of aliphatic hydroxyl groups is 1. The van der Waals surface area contributed by atoms with Crippen molar-refractivity contribution in [3.8, 4) is 0 Å². The molecule has 0 saturated carbocycles. The van der Waals surface area contributed by atoms with E-state index in [4.69, 9.17) is 4.74 Å². The molecular weight excluding hydrogens is 308 g/mol. The van der Waals surface area contributed by atoms with E-state index in [1.54, 1.807) is 31.1 Å². The van der Waals surface area contributed by atoms with Crippen LogP contribution in [0.15, 0.2) is 12.4 Å². The Bertz CT molecular complexity index is 575. The molecule has 1 N–H and O–H groups in total. The van der Waals surface area contributed by atoms with Crippen molar-refractivity contribution in [3.05, 3.63) is 18.0 Å². The molecule has 7 nitrogen and oxygen atoms in total. The van der Waals surface area contributed by atoms with Crippen LogP contribution in [0.4, 0.5) is 10.7 Å². The van der Waals surface area contributed by atoms with Crippen LogP contribution in [0.25, 0.3) is 0 Å². The largest absolute Gasteiger partial charge is 0.444 e. The van der Waals surface area contributed by atoms with Crippen LogP contribution in [0, 0.1) is 0 Å². The maximum Gasteiger partial charge on any atom is 0.410 e. The van der Waals surface area contributed by atoms with Gasteiger partial charge in [0.15, 0.2) is 0 Å². The van der Waals surface area contributed by atoms with Crippen molar-refractivity contribution in [2.45, 2.75) is 58.8 Å². The molecule has 24 heavy (non-hydrogen) atoms. The molecule has 1 saturated heterocycles. The molecule has 7 heteroatoms. The van der Waals surface area contributed by atoms with Gasteiger partial charge in [-0.25, -0.2) is 14.8 Å². The van der Waals surface area contributed by atoms with Crippen LogP contribution in [0.2, 0.25) is 0 Å². The number of anilines is 1. The zero-order valence-corrected chi connectivity index (χ0v) is 15.4. The molecule has 1 fully saturated rings. The number of aromatic nitrogens is 2. The maximum atomic E-state index is 12.2. The smallest absolute Gasteiger partial charge is 0.410 e. The summed E-state index contributed by atoms with van der Waals surface area (Å²) in [5.41, 5.74) is -0.780. The molecule has 0 bridgehead atoms. The molecule has 134 valence electrons. The lowest BCUT2D eigenvalue weighted by Gasteiger charge is -2.40. The third-order valence-electron chi connectivity index (χ3n) is 3.88. The molecule has 0 spiro atoms. The van der Waals surface area contributed by atoms with Gasteiger partial charge in [0.2, 0.25) is 5.95 Å². The average molecular weight is 336 g/mol. The predicted octanol–water partition coefficient (Wildman–Crippen LogP) is 2.15. The monoisotopic (exact) mass is 336 g/mol. The zero-order chi connectivity index (χ0) is 18.1. The minimum absolute atomic E-state index is 0.00570. The van der Waals surface area contributed by atoms with Crippen LogP contribution in [-0.4, -0.2) is 57.3 Å². The molecule has 0 aromatic carbocycles. The SMILES string of the molecule is C[C@H]1CN(c2ncc(C(C)(C)O)cn2)CCN1C(=O)OC(C)(C)C. The van der Waals surface area contributed by atoms with Gasteiger partial charge in [-0.3, -0.25) is 0 Å². The molecule has 1 aliphatic heterocycles. The quantitative estimate of drug-likeness (QED) is 0.891. The molecule has 0 radical (unpaired) electrons. The molecule has 0 unspecified atom stereocenters. The zero-order valence-electron chi connectivity index (χ0n) is 15.4. The van der Waals surface area contributed by atoms with Gasteiger partial charge in [-0.05, 0) is 41.5 Å². The highest BCUT2D eigenvalue weighted by Crippen LogP contribution is 2.21. The second-order valence-electron chi connectivity index (χ2n) is 7.80. The predicted molar refractivity (Wildman–Crippen MR) is 91.9 cm³/mol. The number of amides is 1. The van der Waals surface area contributed by atoms with E-state index in [2.05, 4.69) is 9.97 Å². The summed E-state index contributed by atoms with van der Waals surface area (Å²) in [4.78, 5) is 24.7. The molecule has 2 rings (SSSR count). The lowest BCUT2D eigenvalue weighted by molar-refractivity contribution is 0.0158. The van der Waals surface area contributed by atoms with E-state index in [-0.39, 0.29) is 12.1 Å². The highest BCUT2D eigenvalue weighted by molar-refractivity contribution is 5.69. The highest BCUT2D eigenvalue weighted by Gasteiger charge is 2.31. The van der Waals surface area contributed by atoms with Gasteiger partial charge < -0.3 is 19.6 Å². The van der Waals surface area contributed by atoms with Gasteiger partial charge in [-0.15, -0.1) is 0 Å². The number of carbonyl (C=O) groups excluding carboxylic acids is 1. The van der Waals surface area contributed by atoms with E-state index in [0.717, 1.165) is 0 Å². The van der Waals surface area contributed by atoms with E-state index in [1.165, 1.54) is 0 Å². The summed E-state index contributed by atoms with van der Waals surface area (Å²) in [6.07, 6.45) is 3.01. The normalized spacial score (nSPS) is 19.4. The first kappa shape index (κ1) is 18.4. The molecule has 1 aliphatic rings. The van der Waals surface area contributed by atoms with E-state index in [9.17, 15) is 9.90 Å². The second-order valence-corrected chi connectivity index (χ2v) is 7.80. The number of ether oxygens (including phenoxy) is 1. The van der Waals surface area contributed by atoms with Crippen molar-refractivity contribution in [2.75, 3.05) is 24.5 Å². The standard InChI is InChI=1S/C17H28N4O3/c1-12-11-20(7-8-21(12)15(22)24-16(2,3)4)14-18-9-13(10-19-14)17(5,6)23/h9-10,12,23H,7-8,11H2,1-6H3/t12-/m0/s1. The fourth-order valence-electron chi connectivity index (χ4n) is 2.53. The van der Waals surface area contributed by atoms with Crippen molar-refractivity contribution in [1.82, 2.24) is 14.9 Å². The van der Waals surface area contributed by atoms with Crippen LogP contribution in [0.3, 0.4) is 0 Å². The van der Waals surface area contributed by atoms with E-state index < -0.39 is 11.2 Å². The van der Waals surface area contributed by atoms with E-state index in [0.29, 0.717) is 31.1 Å². The Morgan fingerprint density at radius 2 is 1.79 bits per heavy atom. The first-order valence-corrected chi connectivity index (χ1v) is 8.27. The van der Waals surface area contributed by atoms with Crippen molar-refractivity contribution in [3.63, 3.8) is 0 Å². The highest BCUT2D eigenvalue weighted by atomic mass is 16.6. The first-order chi connectivity index (χ1) is 11.0. The topological polar surface area (TPSA) is 78.8 Å². The number of piperazine rings is 1. The third-order valence-corrected chi connectivity index (χ3v) is 3.88. The Hall–Kier alpha value is -1.89. The number of hydrogen-bond acceptors (Lipinski definition) is 6. The third kappa shape index (κ3) is 4.56. The number of hydrogen-bond donors (Lipinski definition) is 1. The fraction of sp³-hybridized carbons (Fsp3) is 0.706. The molecular formula is C17H28N4O3. The molecule has 1 aromatic rings. The van der Waals surface area contributed by atoms with Gasteiger partial charge in [0.05, 0.1) is 5.60 Å². The summed E-state index contributed by atoms with van der Waals surface area (Å²) >= 11 is 0. The maximum absolute atomic E-state index is 12.2. The summed E-state index contributed by atoms with van der Waals surface area (Å²) in [6, 6.07) is 0.00570. The van der Waals surface area contributed by atoms with Crippen LogP contribution in [0.5, 0.6) is 0 Å². The Kier molecular flexibility index (Phi) is 5.03. The lowest BCUT2D eigenvalue weighted by Crippen LogP contribution is -2.55. The number of rotatable bonds is 2. The molecule has 1 aromatic heterocycles. The summed E-state index contributed by atoms with van der Waals surface area (Å²) < 4.78 is 5.45. The Labute approximate surface area is 143 Å². The summed E-state index contributed by atoms with van der Waals surface area (Å²) in [5.74, 6) is 0.610. The van der Waals surface area contributed by atoms with Crippen molar-refractivity contribution >= 4 is 12.0 Å². The fourth-order valence-corrected chi connectivity index (χ4v) is 2.53. The van der Waals surface area contributed by atoms with Gasteiger partial charge in [0.1, 0.15) is 5.60 Å². The van der Waals surface area contributed by atoms with Crippen LogP contribution >= 0.6 is 0 Å². The van der Waals surface area contributed by atoms with Gasteiger partial charge in [-0.1, -0.05) is 0 Å². The number of nitrogens with zero attached hydrogens (tertiary/aromatic N) is 4. The minimum Gasteiger partial charge on any atom is -0.444 e. The molecule has 0 aliphatic carbocycles. The molecule has 1 atom stereocenters. The Morgan fingerprint density at radius 1 is 1.21 bits per heavy atom. The summed E-state index contributed by atoms with van der Waals surface area (Å²) in [5, 5.41) is 9.97. The Morgan fingerprint density at radius 3 is 2.25 bits per heavy atom. The van der Waals surface area contributed by atoms with E-state index in [1.807, 2.05) is 32.6 Å². The van der Waals surface area contributed by atoms with Crippen molar-refractivity contribution < 1.29 is 14.6 Å². The lowest BCUT2D eigenvalue weighted by atomic mass is 10.0. The van der Waals surface area contributed by atoms with Crippen molar-refractivity contribution in [1.29, 1.82) is 0 Å². The average Bonchev–Trinajstić information content (AvgIpc) is 2.44. The van der Waals surface area contributed by atoms with Crippen molar-refractivity contribution in [2.24, 2.45) is 0 Å². The minimum atomic E-state index is -0.957. The van der Waals surface area contributed by atoms with Gasteiger partial charge in [-0.2, -0.15) is 0 Å². The Balaban J connectivity index is 2.01. The van der Waals surface area contributed by atoms with Gasteiger partial charge in [0.25, 0.3) is 0 Å². The molecule has 1 amide bonds. The van der Waals surface area contributed by atoms with Gasteiger partial charge >= 0.3 is 6.09 Å². The van der Waals surface area contributed by atoms with Gasteiger partial charge in [0, 0.05) is 43.6 Å². The summed E-state index contributed by atoms with van der Waals surface area (Å²) in [6.45, 7) is 12.8. The number of carbonyl (C=O) groups is 1. The summed E-state index contributed by atoms with van der Waals surface area (Å²) in [7, 11) is 0. The first-order valence-electron chi connectivity index (χ1n) is 8.27. The second kappa shape index (κ2) is 6.55. The molecule has 2 heterocycles. The van der Waals surface area contributed by atoms with Crippen LogP contribution in [0.1, 0.15) is 47.1 Å². The van der Waals surface area contributed by atoms with E-state index >= 15 is 0 Å². The van der Waals surface area contributed by atoms with Crippen LogP contribution < -0.4 is 4.90 Å².